The van der Waals surface area contributed by atoms with Crippen LogP contribution in [0.5, 0.6) is 0 Å². The van der Waals surface area contributed by atoms with E-state index in [1.165, 1.54) is 11.8 Å². The third-order valence-electron chi connectivity index (χ3n) is 4.92. The van der Waals surface area contributed by atoms with E-state index in [0.29, 0.717) is 27.3 Å². The smallest absolute Gasteiger partial charge is 0.248 e. The molecule has 4 rings (SSSR count). The summed E-state index contributed by atoms with van der Waals surface area (Å²) in [5.74, 6) is -0.179. The van der Waals surface area contributed by atoms with Gasteiger partial charge in [0.05, 0.1) is 28.3 Å². The zero-order valence-electron chi connectivity index (χ0n) is 15.3. The minimum atomic E-state index is -3.15. The first-order valence-electron chi connectivity index (χ1n) is 9.09. The van der Waals surface area contributed by atoms with Gasteiger partial charge in [0, 0.05) is 16.7 Å². The summed E-state index contributed by atoms with van der Waals surface area (Å²) in [6, 6.07) is 14.4. The minimum absolute atomic E-state index is 0.00470. The molecule has 2 heterocycles. The Kier molecular flexibility index (Phi) is 5.93. The van der Waals surface area contributed by atoms with Crippen LogP contribution in [-0.4, -0.2) is 42.3 Å². The van der Waals surface area contributed by atoms with Crippen molar-refractivity contribution in [3.63, 3.8) is 0 Å². The predicted molar refractivity (Wildman–Crippen MR) is 120 cm³/mol. The fraction of sp³-hybridized carbons (Fsp3) is 0.300. The molecule has 0 saturated carbocycles. The molecular weight excluding hydrogens is 451 g/mol. The Labute approximate surface area is 184 Å². The van der Waals surface area contributed by atoms with Gasteiger partial charge in [0.1, 0.15) is 0 Å². The second kappa shape index (κ2) is 8.30. The summed E-state index contributed by atoms with van der Waals surface area (Å²) < 4.78 is 24.3. The molecule has 2 aromatic rings. The van der Waals surface area contributed by atoms with Crippen molar-refractivity contribution in [2.75, 3.05) is 16.4 Å². The van der Waals surface area contributed by atoms with Crippen molar-refractivity contribution in [1.29, 1.82) is 0 Å². The fourth-order valence-electron chi connectivity index (χ4n) is 3.58. The molecule has 2 saturated heterocycles. The first-order chi connectivity index (χ1) is 13.8. The number of rotatable bonds is 4. The summed E-state index contributed by atoms with van der Waals surface area (Å²) in [5, 5.41) is 1.21. The molecule has 2 atom stereocenters. The highest BCUT2D eigenvalue weighted by atomic mass is 35.5. The number of amides is 1. The van der Waals surface area contributed by atoms with Crippen molar-refractivity contribution in [2.24, 2.45) is 4.99 Å². The van der Waals surface area contributed by atoms with E-state index in [-0.39, 0.29) is 35.1 Å². The van der Waals surface area contributed by atoms with Crippen molar-refractivity contribution in [3.05, 3.63) is 64.1 Å². The number of hydrogen-bond donors (Lipinski definition) is 0. The Bertz CT molecular complexity index is 1070. The standard InChI is InChI=1S/C20H18Cl2N2O3S2/c21-14-7-8-15(22)16(10-14)24-17-11-29(26,27)12-18(17)28-20(24)23-19(25)9-6-13-4-2-1-3-5-13/h1-5,7-8,10,17-18H,6,9,11-12H2. The van der Waals surface area contributed by atoms with Crippen LogP contribution in [0.4, 0.5) is 5.69 Å². The van der Waals surface area contributed by atoms with Crippen molar-refractivity contribution in [1.82, 2.24) is 0 Å². The molecule has 1 amide bonds. The highest BCUT2D eigenvalue weighted by Gasteiger charge is 2.49. The van der Waals surface area contributed by atoms with E-state index in [1.807, 2.05) is 30.3 Å². The Morgan fingerprint density at radius 3 is 2.66 bits per heavy atom. The van der Waals surface area contributed by atoms with E-state index in [9.17, 15) is 13.2 Å². The van der Waals surface area contributed by atoms with E-state index in [1.54, 1.807) is 23.1 Å². The van der Waals surface area contributed by atoms with Crippen LogP contribution >= 0.6 is 35.0 Å². The maximum Gasteiger partial charge on any atom is 0.248 e. The van der Waals surface area contributed by atoms with Gasteiger partial charge >= 0.3 is 0 Å². The van der Waals surface area contributed by atoms with Crippen LogP contribution < -0.4 is 4.90 Å². The largest absolute Gasteiger partial charge is 0.314 e. The molecule has 2 aliphatic rings. The Balaban J connectivity index is 1.61. The van der Waals surface area contributed by atoms with Crippen molar-refractivity contribution >= 4 is 61.6 Å². The first kappa shape index (κ1) is 20.7. The van der Waals surface area contributed by atoms with Gasteiger partial charge in [0.15, 0.2) is 15.0 Å². The van der Waals surface area contributed by atoms with Gasteiger partial charge in [-0.25, -0.2) is 8.42 Å². The average molecular weight is 469 g/mol. The van der Waals surface area contributed by atoms with Gasteiger partial charge in [-0.05, 0) is 30.2 Å². The van der Waals surface area contributed by atoms with Gasteiger partial charge < -0.3 is 4.90 Å². The van der Waals surface area contributed by atoms with Crippen LogP contribution in [0.1, 0.15) is 12.0 Å². The number of halogens is 2. The number of aliphatic imine (C=N–C) groups is 1. The van der Waals surface area contributed by atoms with Gasteiger partial charge in [0.2, 0.25) is 5.91 Å². The van der Waals surface area contributed by atoms with E-state index >= 15 is 0 Å². The number of carbonyl (C=O) groups excluding carboxylic acids is 1. The second-order valence-electron chi connectivity index (χ2n) is 7.04. The summed E-state index contributed by atoms with van der Waals surface area (Å²) in [5.41, 5.74) is 1.64. The normalized spacial score (nSPS) is 24.1. The molecule has 2 aromatic carbocycles. The van der Waals surface area contributed by atoms with Crippen LogP contribution in [0.3, 0.4) is 0 Å². The molecule has 152 valence electrons. The molecule has 29 heavy (non-hydrogen) atoms. The molecular formula is C20H18Cl2N2O3S2. The summed E-state index contributed by atoms with van der Waals surface area (Å²) in [4.78, 5) is 18.6. The second-order valence-corrected chi connectivity index (χ2v) is 11.2. The first-order valence-corrected chi connectivity index (χ1v) is 12.5. The summed E-state index contributed by atoms with van der Waals surface area (Å²) >= 11 is 13.9. The number of aryl methyl sites for hydroxylation is 1. The molecule has 2 unspecified atom stereocenters. The molecule has 0 aromatic heterocycles. The average Bonchev–Trinajstić information content (AvgIpc) is 3.14. The lowest BCUT2D eigenvalue weighted by atomic mass is 10.1. The number of amidine groups is 1. The molecule has 0 aliphatic carbocycles. The third kappa shape index (κ3) is 4.63. The van der Waals surface area contributed by atoms with Gasteiger partial charge in [0.25, 0.3) is 0 Å². The van der Waals surface area contributed by atoms with E-state index in [4.69, 9.17) is 23.2 Å². The summed E-state index contributed by atoms with van der Waals surface area (Å²) in [7, 11) is -3.15. The minimum Gasteiger partial charge on any atom is -0.314 e. The van der Waals surface area contributed by atoms with Crippen molar-refractivity contribution in [3.8, 4) is 0 Å². The molecule has 0 radical (unpaired) electrons. The van der Waals surface area contributed by atoms with Crippen molar-refractivity contribution < 1.29 is 13.2 Å². The van der Waals surface area contributed by atoms with Crippen LogP contribution in [0.25, 0.3) is 0 Å². The Morgan fingerprint density at radius 2 is 1.90 bits per heavy atom. The number of benzene rings is 2. The zero-order chi connectivity index (χ0) is 20.6. The highest BCUT2D eigenvalue weighted by molar-refractivity contribution is 8.16. The molecule has 9 heteroatoms. The number of thioether (sulfide) groups is 1. The Hall–Kier alpha value is -1.54. The van der Waals surface area contributed by atoms with Crippen LogP contribution in [0.2, 0.25) is 10.0 Å². The van der Waals surface area contributed by atoms with Crippen molar-refractivity contribution in [2.45, 2.75) is 24.1 Å². The topological polar surface area (TPSA) is 66.8 Å². The number of nitrogens with zero attached hydrogens (tertiary/aromatic N) is 2. The maximum absolute atomic E-state index is 12.5. The number of sulfone groups is 1. The molecule has 0 N–H and O–H groups in total. The summed E-state index contributed by atoms with van der Waals surface area (Å²) in [6.07, 6.45) is 0.874. The zero-order valence-corrected chi connectivity index (χ0v) is 18.4. The van der Waals surface area contributed by atoms with Crippen LogP contribution in [0, 0.1) is 0 Å². The molecule has 2 aliphatic heterocycles. The lowest BCUT2D eigenvalue weighted by molar-refractivity contribution is -0.117. The quantitative estimate of drug-likeness (QED) is 0.671. The molecule has 0 spiro atoms. The molecule has 5 nitrogen and oxygen atoms in total. The lowest BCUT2D eigenvalue weighted by Gasteiger charge is -2.25. The van der Waals surface area contributed by atoms with E-state index in [0.717, 1.165) is 5.56 Å². The van der Waals surface area contributed by atoms with Gasteiger partial charge in [-0.2, -0.15) is 4.99 Å². The van der Waals surface area contributed by atoms with Crippen LogP contribution in [0.15, 0.2) is 53.5 Å². The number of fused-ring (bicyclic) bond motifs is 1. The summed E-state index contributed by atoms with van der Waals surface area (Å²) in [6.45, 7) is 0. The maximum atomic E-state index is 12.5. The third-order valence-corrected chi connectivity index (χ3v) is 8.69. The monoisotopic (exact) mass is 468 g/mol. The number of anilines is 1. The Morgan fingerprint density at radius 1 is 1.14 bits per heavy atom. The SMILES string of the molecule is O=C(CCc1ccccc1)N=C1SC2CS(=O)(=O)CC2N1c1cc(Cl)ccc1Cl. The van der Waals surface area contributed by atoms with E-state index in [2.05, 4.69) is 4.99 Å². The molecule has 2 fully saturated rings. The molecule has 0 bridgehead atoms. The lowest BCUT2D eigenvalue weighted by Crippen LogP contribution is -2.38. The van der Waals surface area contributed by atoms with E-state index < -0.39 is 9.84 Å². The number of hydrogen-bond acceptors (Lipinski definition) is 4. The van der Waals surface area contributed by atoms with Gasteiger partial charge in [-0.3, -0.25) is 4.79 Å². The fourth-order valence-corrected chi connectivity index (χ4v) is 7.87. The van der Waals surface area contributed by atoms with Crippen LogP contribution in [-0.2, 0) is 21.1 Å². The predicted octanol–water partition coefficient (Wildman–Crippen LogP) is 4.23. The van der Waals surface area contributed by atoms with Gasteiger partial charge in [-0.1, -0.05) is 65.3 Å². The number of carbonyl (C=O) groups is 1. The highest BCUT2D eigenvalue weighted by Crippen LogP contribution is 2.43. The van der Waals surface area contributed by atoms with Gasteiger partial charge in [-0.15, -0.1) is 0 Å².